The summed E-state index contributed by atoms with van der Waals surface area (Å²) in [7, 11) is 2.13. The first kappa shape index (κ1) is 23.9. The molecule has 3 rings (SSSR count). The number of hydrogen-bond acceptors (Lipinski definition) is 6. The number of rotatable bonds is 6. The monoisotopic (exact) mass is 441 g/mol. The normalized spacial score (nSPS) is 16.5. The number of likely N-dealkylation sites (N-methyl/N-ethyl adjacent to an activating group) is 1. The first-order valence-electron chi connectivity index (χ1n) is 11.2. The first-order chi connectivity index (χ1) is 15.1. The fourth-order valence-electron chi connectivity index (χ4n) is 3.55. The smallest absolute Gasteiger partial charge is 0.314 e. The maximum Gasteiger partial charge on any atom is 0.314 e. The topological polar surface area (TPSA) is 95.4 Å². The highest BCUT2D eigenvalue weighted by molar-refractivity contribution is 6.39. The molecule has 0 aromatic carbocycles. The molecule has 1 saturated heterocycles. The van der Waals surface area contributed by atoms with Gasteiger partial charge in [0.2, 0.25) is 0 Å². The number of aromatic nitrogens is 3. The quantitative estimate of drug-likeness (QED) is 0.660. The summed E-state index contributed by atoms with van der Waals surface area (Å²) in [6, 6.07) is 7.25. The summed E-state index contributed by atoms with van der Waals surface area (Å²) in [6.45, 7) is 13.7. The molecule has 2 amide bonds. The van der Waals surface area contributed by atoms with E-state index in [9.17, 15) is 9.59 Å². The van der Waals surface area contributed by atoms with Crippen molar-refractivity contribution in [3.8, 4) is 5.82 Å². The van der Waals surface area contributed by atoms with E-state index in [2.05, 4.69) is 44.5 Å². The van der Waals surface area contributed by atoms with Crippen LogP contribution in [0.4, 0.5) is 5.82 Å². The van der Waals surface area contributed by atoms with Crippen molar-refractivity contribution in [1.29, 1.82) is 0 Å². The highest BCUT2D eigenvalue weighted by atomic mass is 16.2. The lowest BCUT2D eigenvalue weighted by molar-refractivity contribution is -0.136. The number of piperazine rings is 1. The summed E-state index contributed by atoms with van der Waals surface area (Å²) in [5.41, 5.74) is 0.570. The lowest BCUT2D eigenvalue weighted by Gasteiger charge is -2.33. The van der Waals surface area contributed by atoms with Crippen LogP contribution < -0.4 is 10.6 Å². The van der Waals surface area contributed by atoms with Crippen molar-refractivity contribution in [3.63, 3.8) is 0 Å². The summed E-state index contributed by atoms with van der Waals surface area (Å²) in [6.07, 6.45) is 1.66. The first-order valence-corrected chi connectivity index (χ1v) is 11.2. The molecule has 0 unspecified atom stereocenters. The summed E-state index contributed by atoms with van der Waals surface area (Å²) < 4.78 is 1.56. The van der Waals surface area contributed by atoms with Crippen LogP contribution >= 0.6 is 0 Å². The van der Waals surface area contributed by atoms with Gasteiger partial charge in [0, 0.05) is 56.9 Å². The summed E-state index contributed by atoms with van der Waals surface area (Å²) in [4.78, 5) is 34.1. The van der Waals surface area contributed by atoms with Gasteiger partial charge in [-0.05, 0) is 25.1 Å². The van der Waals surface area contributed by atoms with Crippen LogP contribution in [-0.4, -0.2) is 82.7 Å². The van der Waals surface area contributed by atoms with E-state index in [-0.39, 0.29) is 11.3 Å². The van der Waals surface area contributed by atoms with Crippen LogP contribution in [0.25, 0.3) is 5.82 Å². The number of pyridine rings is 1. The minimum atomic E-state index is -0.714. The molecule has 0 spiro atoms. The van der Waals surface area contributed by atoms with Crippen LogP contribution in [0.1, 0.15) is 33.4 Å². The Labute approximate surface area is 190 Å². The van der Waals surface area contributed by atoms with Crippen molar-refractivity contribution in [2.75, 3.05) is 51.6 Å². The van der Waals surface area contributed by atoms with Gasteiger partial charge in [-0.3, -0.25) is 9.59 Å². The van der Waals surface area contributed by atoms with Crippen LogP contribution in [0.3, 0.4) is 0 Å². The van der Waals surface area contributed by atoms with E-state index in [4.69, 9.17) is 0 Å². The Balaban J connectivity index is 1.60. The Morgan fingerprint density at radius 1 is 1.12 bits per heavy atom. The Hall–Kier alpha value is -2.78. The summed E-state index contributed by atoms with van der Waals surface area (Å²) >= 11 is 0. The van der Waals surface area contributed by atoms with Gasteiger partial charge in [0.25, 0.3) is 0 Å². The summed E-state index contributed by atoms with van der Waals surface area (Å²) in [5, 5.41) is 10.1. The molecule has 2 N–H and O–H groups in total. The molecule has 2 aromatic heterocycles. The Morgan fingerprint density at radius 3 is 2.47 bits per heavy atom. The van der Waals surface area contributed by atoms with E-state index in [0.29, 0.717) is 18.2 Å². The van der Waals surface area contributed by atoms with Crippen molar-refractivity contribution in [3.05, 3.63) is 36.2 Å². The highest BCUT2D eigenvalue weighted by Crippen LogP contribution is 2.25. The van der Waals surface area contributed by atoms with Gasteiger partial charge >= 0.3 is 11.8 Å². The number of nitrogens with one attached hydrogen (secondary N) is 2. The number of hydrogen-bond donors (Lipinski definition) is 2. The van der Waals surface area contributed by atoms with Crippen LogP contribution in [0.15, 0.2) is 30.5 Å². The van der Waals surface area contributed by atoms with Gasteiger partial charge < -0.3 is 20.4 Å². The summed E-state index contributed by atoms with van der Waals surface area (Å²) in [5.74, 6) is -0.129. The standard InChI is InChI=1S/C23H35N7O2/c1-17(16-29-12-10-28(5)11-13-29)15-25-21(31)22(32)26-20-14-18(23(2,3)4)27-30(20)19-8-6-7-9-24-19/h6-9,14,17H,10-13,15-16H2,1-5H3,(H,25,31)(H,26,32)/t17-/m1/s1. The Morgan fingerprint density at radius 2 is 1.84 bits per heavy atom. The minimum absolute atomic E-state index is 0.222. The zero-order valence-corrected chi connectivity index (χ0v) is 19.8. The van der Waals surface area contributed by atoms with Crippen LogP contribution in [-0.2, 0) is 15.0 Å². The van der Waals surface area contributed by atoms with Gasteiger partial charge in [0.1, 0.15) is 5.82 Å². The highest BCUT2D eigenvalue weighted by Gasteiger charge is 2.24. The van der Waals surface area contributed by atoms with E-state index in [1.54, 1.807) is 23.0 Å². The third kappa shape index (κ3) is 6.37. The van der Waals surface area contributed by atoms with E-state index in [0.717, 1.165) is 38.4 Å². The Kier molecular flexibility index (Phi) is 7.63. The van der Waals surface area contributed by atoms with Gasteiger partial charge in [-0.2, -0.15) is 9.78 Å². The maximum atomic E-state index is 12.6. The lowest BCUT2D eigenvalue weighted by atomic mass is 9.92. The zero-order valence-electron chi connectivity index (χ0n) is 19.8. The molecule has 32 heavy (non-hydrogen) atoms. The molecule has 174 valence electrons. The molecule has 1 aliphatic heterocycles. The molecule has 0 aliphatic carbocycles. The molecule has 9 heteroatoms. The molecular weight excluding hydrogens is 406 g/mol. The molecule has 0 bridgehead atoms. The predicted molar refractivity (Wildman–Crippen MR) is 125 cm³/mol. The van der Waals surface area contributed by atoms with Crippen LogP contribution in [0.5, 0.6) is 0 Å². The minimum Gasteiger partial charge on any atom is -0.348 e. The number of carbonyl (C=O) groups excluding carboxylic acids is 2. The van der Waals surface area contributed by atoms with E-state index < -0.39 is 11.8 Å². The molecule has 9 nitrogen and oxygen atoms in total. The van der Waals surface area contributed by atoms with E-state index >= 15 is 0 Å². The molecule has 1 aliphatic rings. The van der Waals surface area contributed by atoms with Crippen molar-refractivity contribution >= 4 is 17.6 Å². The third-order valence-electron chi connectivity index (χ3n) is 5.57. The number of nitrogens with zero attached hydrogens (tertiary/aromatic N) is 5. The fraction of sp³-hybridized carbons (Fsp3) is 0.565. The second-order valence-corrected chi connectivity index (χ2v) is 9.64. The molecule has 0 saturated carbocycles. The molecule has 0 radical (unpaired) electrons. The number of amides is 2. The Bertz CT molecular complexity index is 912. The van der Waals surface area contributed by atoms with Crippen molar-refractivity contribution in [1.82, 2.24) is 29.9 Å². The van der Waals surface area contributed by atoms with E-state index in [1.807, 2.05) is 32.9 Å². The number of anilines is 1. The second-order valence-electron chi connectivity index (χ2n) is 9.64. The average Bonchev–Trinajstić information content (AvgIpc) is 3.18. The average molecular weight is 442 g/mol. The van der Waals surface area contributed by atoms with Crippen molar-refractivity contribution in [2.45, 2.75) is 33.1 Å². The predicted octanol–water partition coefficient (Wildman–Crippen LogP) is 1.50. The van der Waals surface area contributed by atoms with Gasteiger partial charge in [0.05, 0.1) is 5.69 Å². The fourth-order valence-corrected chi connectivity index (χ4v) is 3.55. The van der Waals surface area contributed by atoms with Crippen LogP contribution in [0.2, 0.25) is 0 Å². The van der Waals surface area contributed by atoms with Gasteiger partial charge in [-0.15, -0.1) is 0 Å². The van der Waals surface area contributed by atoms with Crippen molar-refractivity contribution < 1.29 is 9.59 Å². The molecular formula is C23H35N7O2. The van der Waals surface area contributed by atoms with Gasteiger partial charge in [0.15, 0.2) is 5.82 Å². The SMILES string of the molecule is C[C@H](CNC(=O)C(=O)Nc1cc(C(C)(C)C)nn1-c1ccccn1)CN1CCN(C)CC1. The lowest BCUT2D eigenvalue weighted by Crippen LogP contribution is -2.47. The second kappa shape index (κ2) is 10.2. The maximum absolute atomic E-state index is 12.6. The van der Waals surface area contributed by atoms with Gasteiger partial charge in [-0.1, -0.05) is 33.8 Å². The largest absolute Gasteiger partial charge is 0.348 e. The van der Waals surface area contributed by atoms with Gasteiger partial charge in [-0.25, -0.2) is 4.98 Å². The molecule has 1 fully saturated rings. The zero-order chi connectivity index (χ0) is 23.3. The van der Waals surface area contributed by atoms with Crippen molar-refractivity contribution in [2.24, 2.45) is 5.92 Å². The number of carbonyl (C=O) groups is 2. The van der Waals surface area contributed by atoms with E-state index in [1.165, 1.54) is 0 Å². The molecule has 3 heterocycles. The van der Waals surface area contributed by atoms with Crippen LogP contribution in [0, 0.1) is 5.92 Å². The molecule has 1 atom stereocenters. The third-order valence-corrected chi connectivity index (χ3v) is 5.57. The molecule has 2 aromatic rings.